The summed E-state index contributed by atoms with van der Waals surface area (Å²) in [5.74, 6) is 3.22. The van der Waals surface area contributed by atoms with Crippen molar-refractivity contribution in [2.24, 2.45) is 23.2 Å². The van der Waals surface area contributed by atoms with Crippen molar-refractivity contribution in [3.63, 3.8) is 0 Å². The molecule has 7 nitrogen and oxygen atoms in total. The van der Waals surface area contributed by atoms with Crippen molar-refractivity contribution in [1.82, 2.24) is 4.72 Å². The van der Waals surface area contributed by atoms with Crippen LogP contribution in [0.25, 0.3) is 0 Å². The monoisotopic (exact) mass is 470 g/mol. The fraction of sp³-hybridized carbons (Fsp3) is 0.520. The molecule has 176 valence electrons. The Kier molecular flexibility index (Phi) is 5.69. The minimum atomic E-state index is -3.65. The zero-order valence-corrected chi connectivity index (χ0v) is 19.6. The van der Waals surface area contributed by atoms with Gasteiger partial charge in [0, 0.05) is 18.2 Å². The lowest BCUT2D eigenvalue weighted by Gasteiger charge is -2.59. The van der Waals surface area contributed by atoms with Crippen molar-refractivity contribution < 1.29 is 18.1 Å². The molecule has 4 aliphatic carbocycles. The van der Waals surface area contributed by atoms with Crippen LogP contribution in [-0.2, 0) is 10.0 Å². The summed E-state index contributed by atoms with van der Waals surface area (Å²) < 4.78 is 35.3. The number of nitrogens with one attached hydrogen (secondary N) is 1. The van der Waals surface area contributed by atoms with E-state index in [1.165, 1.54) is 43.5 Å². The SMILES string of the molecule is CCC(NS(=O)(=O)c1ccc(Oc2ccc([N+](=O)[O-])cc2)cc1)C12CC3CC(CC(C3)C1)C2. The molecule has 0 amide bonds. The van der Waals surface area contributed by atoms with Crippen LogP contribution in [0, 0.1) is 33.3 Å². The predicted octanol–water partition coefficient (Wildman–Crippen LogP) is 5.66. The number of non-ortho nitro benzene ring substituents is 1. The van der Waals surface area contributed by atoms with Crippen molar-refractivity contribution in [2.75, 3.05) is 0 Å². The van der Waals surface area contributed by atoms with Crippen LogP contribution in [-0.4, -0.2) is 19.4 Å². The zero-order valence-electron chi connectivity index (χ0n) is 18.8. The first-order valence-electron chi connectivity index (χ1n) is 11.8. The van der Waals surface area contributed by atoms with Crippen LogP contribution in [0.2, 0.25) is 0 Å². The van der Waals surface area contributed by atoms with E-state index in [1.807, 2.05) is 0 Å². The molecule has 1 unspecified atom stereocenters. The van der Waals surface area contributed by atoms with Crippen LogP contribution in [0.3, 0.4) is 0 Å². The molecule has 1 atom stereocenters. The first-order valence-corrected chi connectivity index (χ1v) is 13.3. The molecule has 0 aliphatic heterocycles. The molecule has 2 aromatic rings. The van der Waals surface area contributed by atoms with E-state index in [4.69, 9.17) is 4.74 Å². The number of ether oxygens (including phenoxy) is 1. The highest BCUT2D eigenvalue weighted by molar-refractivity contribution is 7.89. The Hall–Kier alpha value is -2.45. The molecule has 0 heterocycles. The summed E-state index contributed by atoms with van der Waals surface area (Å²) in [5, 5.41) is 10.8. The summed E-state index contributed by atoms with van der Waals surface area (Å²) >= 11 is 0. The van der Waals surface area contributed by atoms with Gasteiger partial charge in [0.25, 0.3) is 5.69 Å². The van der Waals surface area contributed by atoms with Crippen molar-refractivity contribution in [3.05, 3.63) is 58.6 Å². The minimum Gasteiger partial charge on any atom is -0.457 e. The number of sulfonamides is 1. The van der Waals surface area contributed by atoms with Crippen LogP contribution >= 0.6 is 0 Å². The van der Waals surface area contributed by atoms with E-state index < -0.39 is 14.9 Å². The fourth-order valence-electron chi connectivity index (χ4n) is 6.96. The molecular weight excluding hydrogens is 440 g/mol. The minimum absolute atomic E-state index is 0.0145. The average Bonchev–Trinajstić information content (AvgIpc) is 2.77. The third-order valence-electron chi connectivity index (χ3n) is 7.95. The maximum absolute atomic E-state index is 13.2. The maximum atomic E-state index is 13.2. The Morgan fingerprint density at radius 3 is 1.91 bits per heavy atom. The quantitative estimate of drug-likeness (QED) is 0.396. The van der Waals surface area contributed by atoms with Crippen molar-refractivity contribution >= 4 is 15.7 Å². The molecule has 0 spiro atoms. The third kappa shape index (κ3) is 4.38. The predicted molar refractivity (Wildman–Crippen MR) is 125 cm³/mol. The Morgan fingerprint density at radius 2 is 1.45 bits per heavy atom. The summed E-state index contributed by atoms with van der Waals surface area (Å²) in [5.41, 5.74) is 0.0922. The molecule has 4 aliphatic rings. The molecule has 33 heavy (non-hydrogen) atoms. The number of rotatable bonds is 8. The van der Waals surface area contributed by atoms with Crippen molar-refractivity contribution in [2.45, 2.75) is 62.8 Å². The highest BCUT2D eigenvalue weighted by atomic mass is 32.2. The van der Waals surface area contributed by atoms with E-state index >= 15 is 0 Å². The smallest absolute Gasteiger partial charge is 0.269 e. The van der Waals surface area contributed by atoms with Crippen molar-refractivity contribution in [1.29, 1.82) is 0 Å². The third-order valence-corrected chi connectivity index (χ3v) is 9.44. The number of nitro benzene ring substituents is 1. The maximum Gasteiger partial charge on any atom is 0.269 e. The van der Waals surface area contributed by atoms with Crippen LogP contribution in [0.5, 0.6) is 11.5 Å². The summed E-state index contributed by atoms with van der Waals surface area (Å²) in [4.78, 5) is 10.5. The first kappa shape index (κ1) is 22.3. The normalized spacial score (nSPS) is 29.1. The highest BCUT2D eigenvalue weighted by Gasteiger charge is 2.54. The van der Waals surface area contributed by atoms with Gasteiger partial charge >= 0.3 is 0 Å². The highest BCUT2D eigenvalue weighted by Crippen LogP contribution is 2.61. The largest absolute Gasteiger partial charge is 0.457 e. The molecule has 2 aromatic carbocycles. The number of benzene rings is 2. The first-order chi connectivity index (χ1) is 15.8. The van der Waals surface area contributed by atoms with Gasteiger partial charge in [0.2, 0.25) is 10.0 Å². The molecule has 0 aromatic heterocycles. The van der Waals surface area contributed by atoms with Gasteiger partial charge in [-0.05, 0) is 105 Å². The second-order valence-corrected chi connectivity index (χ2v) is 11.9. The van der Waals surface area contributed by atoms with E-state index in [1.54, 1.807) is 24.3 Å². The Bertz CT molecular complexity index is 1090. The number of hydrogen-bond donors (Lipinski definition) is 1. The fourth-order valence-corrected chi connectivity index (χ4v) is 8.38. The van der Waals surface area contributed by atoms with Crippen LogP contribution in [0.4, 0.5) is 5.69 Å². The Morgan fingerprint density at radius 1 is 0.970 bits per heavy atom. The van der Waals surface area contributed by atoms with E-state index in [9.17, 15) is 18.5 Å². The van der Waals surface area contributed by atoms with Gasteiger partial charge in [-0.25, -0.2) is 13.1 Å². The van der Waals surface area contributed by atoms with Crippen LogP contribution in [0.1, 0.15) is 51.9 Å². The zero-order chi connectivity index (χ0) is 23.2. The lowest BCUT2D eigenvalue weighted by Crippen LogP contribution is -2.56. The topological polar surface area (TPSA) is 98.5 Å². The summed E-state index contributed by atoms with van der Waals surface area (Å²) in [6.45, 7) is 2.09. The van der Waals surface area contributed by atoms with Crippen molar-refractivity contribution in [3.8, 4) is 11.5 Å². The van der Waals surface area contributed by atoms with E-state index in [0.29, 0.717) is 11.5 Å². The molecule has 4 saturated carbocycles. The standard InChI is InChI=1S/C25H30N2O5S/c1-2-24(25-14-17-11-18(15-25)13-19(12-17)16-25)26-33(30,31)23-9-7-22(8-10-23)32-21-5-3-20(4-6-21)27(28)29/h3-10,17-19,24,26H,2,11-16H2,1H3. The number of nitro groups is 1. The Balaban J connectivity index is 1.29. The van der Waals surface area contributed by atoms with Gasteiger partial charge in [-0.3, -0.25) is 10.1 Å². The van der Waals surface area contributed by atoms with Gasteiger partial charge in [0.15, 0.2) is 0 Å². The molecular formula is C25H30N2O5S. The summed E-state index contributed by atoms with van der Waals surface area (Å²) in [6.07, 6.45) is 8.26. The number of hydrogen-bond acceptors (Lipinski definition) is 5. The molecule has 6 rings (SSSR count). The second kappa shape index (κ2) is 8.40. The van der Waals surface area contributed by atoms with Gasteiger partial charge in [0.05, 0.1) is 9.82 Å². The van der Waals surface area contributed by atoms with Crippen LogP contribution < -0.4 is 9.46 Å². The van der Waals surface area contributed by atoms with Gasteiger partial charge in [-0.2, -0.15) is 0 Å². The summed E-state index contributed by atoms with van der Waals surface area (Å²) in [7, 11) is -3.65. The number of nitrogens with zero attached hydrogens (tertiary/aromatic N) is 1. The van der Waals surface area contributed by atoms with Crippen LogP contribution in [0.15, 0.2) is 53.4 Å². The average molecular weight is 471 g/mol. The van der Waals surface area contributed by atoms with E-state index in [2.05, 4.69) is 11.6 Å². The Labute approximate surface area is 194 Å². The molecule has 4 bridgehead atoms. The molecule has 0 saturated heterocycles. The second-order valence-electron chi connectivity index (χ2n) is 10.2. The van der Waals surface area contributed by atoms with E-state index in [-0.39, 0.29) is 22.0 Å². The van der Waals surface area contributed by atoms with Gasteiger partial charge in [0.1, 0.15) is 11.5 Å². The molecule has 0 radical (unpaired) electrons. The molecule has 1 N–H and O–H groups in total. The summed E-state index contributed by atoms with van der Waals surface area (Å²) in [6, 6.07) is 12.1. The van der Waals surface area contributed by atoms with Gasteiger partial charge in [-0.1, -0.05) is 6.92 Å². The lowest BCUT2D eigenvalue weighted by atomic mass is 9.47. The molecule has 4 fully saturated rings. The van der Waals surface area contributed by atoms with E-state index in [0.717, 1.165) is 43.4 Å². The molecule has 8 heteroatoms. The lowest BCUT2D eigenvalue weighted by molar-refractivity contribution is -0.384. The van der Waals surface area contributed by atoms with Gasteiger partial charge < -0.3 is 4.74 Å². The van der Waals surface area contributed by atoms with Gasteiger partial charge in [-0.15, -0.1) is 0 Å².